The highest BCUT2D eigenvalue weighted by Gasteiger charge is 2.12. The Morgan fingerprint density at radius 2 is 2.10 bits per heavy atom. The Labute approximate surface area is 113 Å². The van der Waals surface area contributed by atoms with Crippen molar-refractivity contribution < 1.29 is 18.3 Å². The molecule has 8 heteroatoms. The van der Waals surface area contributed by atoms with Gasteiger partial charge in [-0.05, 0) is 12.1 Å². The molecule has 1 aromatic heterocycles. The zero-order valence-electron chi connectivity index (χ0n) is 10.6. The second-order valence-electron chi connectivity index (χ2n) is 3.74. The highest BCUT2D eigenvalue weighted by atomic mass is 19.2. The van der Waals surface area contributed by atoms with Crippen LogP contribution in [0.2, 0.25) is 0 Å². The molecule has 0 unspecified atom stereocenters. The van der Waals surface area contributed by atoms with E-state index < -0.39 is 11.6 Å². The van der Waals surface area contributed by atoms with Gasteiger partial charge in [-0.2, -0.15) is 9.37 Å². The van der Waals surface area contributed by atoms with Gasteiger partial charge in [-0.15, -0.1) is 0 Å². The number of methoxy groups -OCH3 is 1. The summed E-state index contributed by atoms with van der Waals surface area (Å²) in [4.78, 5) is 8.00. The average Bonchev–Trinajstić information content (AvgIpc) is 2.44. The van der Waals surface area contributed by atoms with Crippen LogP contribution in [0.1, 0.15) is 5.82 Å². The predicted molar refractivity (Wildman–Crippen MR) is 67.0 cm³/mol. The smallest absolute Gasteiger partial charge is 0.224 e. The summed E-state index contributed by atoms with van der Waals surface area (Å²) in [6.45, 7) is 0.123. The number of halogens is 2. The van der Waals surface area contributed by atoms with Crippen molar-refractivity contribution in [3.63, 3.8) is 0 Å². The lowest BCUT2D eigenvalue weighted by molar-refractivity contribution is 0.177. The SMILES string of the molecule is COCc1nc(NN)cc(Oc2cccc(F)c2F)n1. The van der Waals surface area contributed by atoms with Crippen molar-refractivity contribution in [3.05, 3.63) is 41.7 Å². The van der Waals surface area contributed by atoms with Crippen LogP contribution in [0.5, 0.6) is 11.6 Å². The van der Waals surface area contributed by atoms with Gasteiger partial charge in [0.1, 0.15) is 12.4 Å². The fourth-order valence-electron chi connectivity index (χ4n) is 1.47. The van der Waals surface area contributed by atoms with Crippen LogP contribution in [0.4, 0.5) is 14.6 Å². The molecule has 0 aliphatic rings. The minimum Gasteiger partial charge on any atom is -0.436 e. The highest BCUT2D eigenvalue weighted by Crippen LogP contribution is 2.25. The summed E-state index contributed by atoms with van der Waals surface area (Å²) in [7, 11) is 1.47. The van der Waals surface area contributed by atoms with E-state index in [1.807, 2.05) is 0 Å². The molecule has 0 amide bonds. The van der Waals surface area contributed by atoms with E-state index in [9.17, 15) is 8.78 Å². The van der Waals surface area contributed by atoms with Crippen molar-refractivity contribution in [1.82, 2.24) is 9.97 Å². The van der Waals surface area contributed by atoms with Crippen LogP contribution in [0.25, 0.3) is 0 Å². The zero-order chi connectivity index (χ0) is 14.5. The summed E-state index contributed by atoms with van der Waals surface area (Å²) in [6.07, 6.45) is 0. The molecule has 0 saturated heterocycles. The Morgan fingerprint density at radius 3 is 2.80 bits per heavy atom. The summed E-state index contributed by atoms with van der Waals surface area (Å²) in [5.41, 5.74) is 2.32. The van der Waals surface area contributed by atoms with Crippen LogP contribution >= 0.6 is 0 Å². The molecule has 2 aromatic rings. The largest absolute Gasteiger partial charge is 0.436 e. The third-order valence-electron chi connectivity index (χ3n) is 2.30. The summed E-state index contributed by atoms with van der Waals surface area (Å²) in [6, 6.07) is 4.95. The number of hydrogen-bond donors (Lipinski definition) is 2. The van der Waals surface area contributed by atoms with Crippen LogP contribution in [-0.4, -0.2) is 17.1 Å². The zero-order valence-corrected chi connectivity index (χ0v) is 10.6. The molecular formula is C12H12F2N4O2. The standard InChI is InChI=1S/C12H12F2N4O2/c1-19-6-10-16-9(18-15)5-11(17-10)20-8-4-2-3-7(13)12(8)14/h2-5H,6,15H2,1H3,(H,16,17,18). The van der Waals surface area contributed by atoms with Gasteiger partial charge >= 0.3 is 0 Å². The number of nitrogens with two attached hydrogens (primary N) is 1. The first-order valence-electron chi connectivity index (χ1n) is 5.59. The Balaban J connectivity index is 2.32. The van der Waals surface area contributed by atoms with E-state index in [1.54, 1.807) is 0 Å². The molecule has 3 N–H and O–H groups in total. The Morgan fingerprint density at radius 1 is 1.30 bits per heavy atom. The monoisotopic (exact) mass is 282 g/mol. The van der Waals surface area contributed by atoms with Gasteiger partial charge in [-0.1, -0.05) is 6.07 Å². The average molecular weight is 282 g/mol. The van der Waals surface area contributed by atoms with Gasteiger partial charge in [0, 0.05) is 13.2 Å². The van der Waals surface area contributed by atoms with Crippen LogP contribution in [-0.2, 0) is 11.3 Å². The molecule has 0 aliphatic carbocycles. The number of nitrogen functional groups attached to an aromatic ring is 1. The maximum absolute atomic E-state index is 13.5. The quantitative estimate of drug-likeness (QED) is 0.644. The minimum atomic E-state index is -1.10. The van der Waals surface area contributed by atoms with Crippen LogP contribution in [0, 0.1) is 11.6 Å². The second-order valence-corrected chi connectivity index (χ2v) is 3.74. The first kappa shape index (κ1) is 14.1. The first-order valence-corrected chi connectivity index (χ1v) is 5.59. The molecule has 0 aliphatic heterocycles. The van der Waals surface area contributed by atoms with Crippen LogP contribution in [0.15, 0.2) is 24.3 Å². The van der Waals surface area contributed by atoms with Crippen LogP contribution in [0.3, 0.4) is 0 Å². The molecule has 0 saturated carbocycles. The number of nitrogens with zero attached hydrogens (tertiary/aromatic N) is 2. The van der Waals surface area contributed by atoms with Gasteiger partial charge in [0.2, 0.25) is 11.7 Å². The van der Waals surface area contributed by atoms with E-state index in [4.69, 9.17) is 15.3 Å². The van der Waals surface area contributed by atoms with Gasteiger partial charge in [-0.25, -0.2) is 15.2 Å². The summed E-state index contributed by atoms with van der Waals surface area (Å²) in [5.74, 6) is 3.44. The van der Waals surface area contributed by atoms with E-state index in [0.29, 0.717) is 0 Å². The molecular weight excluding hydrogens is 270 g/mol. The van der Waals surface area contributed by atoms with Gasteiger partial charge < -0.3 is 14.9 Å². The number of ether oxygens (including phenoxy) is 2. The molecule has 6 nitrogen and oxygen atoms in total. The molecule has 1 aromatic carbocycles. The molecule has 2 rings (SSSR count). The number of hydrazine groups is 1. The lowest BCUT2D eigenvalue weighted by Gasteiger charge is -2.09. The maximum atomic E-state index is 13.5. The van der Waals surface area contributed by atoms with Crippen molar-refractivity contribution in [2.24, 2.45) is 5.84 Å². The molecule has 20 heavy (non-hydrogen) atoms. The van der Waals surface area contributed by atoms with Gasteiger partial charge in [0.25, 0.3) is 0 Å². The lowest BCUT2D eigenvalue weighted by atomic mass is 10.3. The summed E-state index contributed by atoms with van der Waals surface area (Å²) >= 11 is 0. The lowest BCUT2D eigenvalue weighted by Crippen LogP contribution is -2.11. The first-order chi connectivity index (χ1) is 9.63. The molecule has 0 fully saturated rings. The third-order valence-corrected chi connectivity index (χ3v) is 2.30. The van der Waals surface area contributed by atoms with E-state index in [-0.39, 0.29) is 29.9 Å². The third kappa shape index (κ3) is 3.16. The molecule has 0 spiro atoms. The summed E-state index contributed by atoms with van der Waals surface area (Å²) < 4.78 is 36.7. The van der Waals surface area contributed by atoms with Crippen molar-refractivity contribution in [1.29, 1.82) is 0 Å². The minimum absolute atomic E-state index is 0.0181. The number of anilines is 1. The number of aromatic nitrogens is 2. The second kappa shape index (κ2) is 6.22. The van der Waals surface area contributed by atoms with E-state index >= 15 is 0 Å². The van der Waals surface area contributed by atoms with Gasteiger partial charge in [-0.3, -0.25) is 0 Å². The van der Waals surface area contributed by atoms with Gasteiger partial charge in [0.15, 0.2) is 17.4 Å². The predicted octanol–water partition coefficient (Wildman–Crippen LogP) is 1.98. The number of benzene rings is 1. The molecule has 1 heterocycles. The van der Waals surface area contributed by atoms with E-state index in [1.165, 1.54) is 25.3 Å². The van der Waals surface area contributed by atoms with E-state index in [0.717, 1.165) is 6.07 Å². The van der Waals surface area contributed by atoms with Crippen molar-refractivity contribution in [2.45, 2.75) is 6.61 Å². The molecule has 0 bridgehead atoms. The van der Waals surface area contributed by atoms with Crippen LogP contribution < -0.4 is 16.0 Å². The number of hydrogen-bond acceptors (Lipinski definition) is 6. The molecule has 0 radical (unpaired) electrons. The number of rotatable bonds is 5. The van der Waals surface area contributed by atoms with Crippen molar-refractivity contribution >= 4 is 5.82 Å². The Hall–Kier alpha value is -2.32. The summed E-state index contributed by atoms with van der Waals surface area (Å²) in [5, 5.41) is 0. The molecule has 0 atom stereocenters. The molecule has 106 valence electrons. The Kier molecular flexibility index (Phi) is 4.38. The van der Waals surface area contributed by atoms with E-state index in [2.05, 4.69) is 15.4 Å². The highest BCUT2D eigenvalue weighted by molar-refractivity contribution is 5.39. The number of nitrogens with one attached hydrogen (secondary N) is 1. The normalized spacial score (nSPS) is 10.4. The topological polar surface area (TPSA) is 82.3 Å². The fraction of sp³-hybridized carbons (Fsp3) is 0.167. The fourth-order valence-corrected chi connectivity index (χ4v) is 1.47. The maximum Gasteiger partial charge on any atom is 0.224 e. The van der Waals surface area contributed by atoms with Crippen molar-refractivity contribution in [2.75, 3.05) is 12.5 Å². The Bertz CT molecular complexity index is 610. The van der Waals surface area contributed by atoms with Gasteiger partial charge in [0.05, 0.1) is 0 Å². The van der Waals surface area contributed by atoms with Crippen molar-refractivity contribution in [3.8, 4) is 11.6 Å².